The average molecular weight is 892 g/mol. The van der Waals surface area contributed by atoms with Crippen molar-refractivity contribution < 1.29 is 28.6 Å². The van der Waals surface area contributed by atoms with Gasteiger partial charge in [0.1, 0.15) is 13.2 Å². The fraction of sp³-hybridized carbons (Fsp3) is 0.947. The highest BCUT2D eigenvalue weighted by Crippen LogP contribution is 2.18. The molecule has 0 saturated heterocycles. The Balaban J connectivity index is 4.30. The quantitative estimate of drug-likeness (QED) is 0.0344. The van der Waals surface area contributed by atoms with Gasteiger partial charge in [-0.25, -0.2) is 0 Å². The van der Waals surface area contributed by atoms with Gasteiger partial charge in [0.2, 0.25) is 0 Å². The highest BCUT2D eigenvalue weighted by Gasteiger charge is 2.19. The van der Waals surface area contributed by atoms with Crippen molar-refractivity contribution in [2.45, 2.75) is 323 Å². The lowest BCUT2D eigenvalue weighted by molar-refractivity contribution is -0.167. The lowest BCUT2D eigenvalue weighted by Crippen LogP contribution is -2.30. The van der Waals surface area contributed by atoms with E-state index < -0.39 is 6.10 Å². The molecule has 0 aromatic carbocycles. The third-order valence-corrected chi connectivity index (χ3v) is 13.0. The van der Waals surface area contributed by atoms with Gasteiger partial charge >= 0.3 is 17.9 Å². The van der Waals surface area contributed by atoms with Crippen molar-refractivity contribution in [3.63, 3.8) is 0 Å². The Hall–Kier alpha value is -1.59. The van der Waals surface area contributed by atoms with Crippen LogP contribution in [0.4, 0.5) is 0 Å². The average Bonchev–Trinajstić information content (AvgIpc) is 3.25. The van der Waals surface area contributed by atoms with Gasteiger partial charge in [0, 0.05) is 19.3 Å². The first kappa shape index (κ1) is 61.4. The molecule has 0 heterocycles. The molecule has 0 radical (unpaired) electrons. The van der Waals surface area contributed by atoms with E-state index in [2.05, 4.69) is 34.6 Å². The molecule has 0 aliphatic carbocycles. The largest absolute Gasteiger partial charge is 0.462 e. The van der Waals surface area contributed by atoms with Crippen molar-refractivity contribution in [1.29, 1.82) is 0 Å². The second-order valence-corrected chi connectivity index (χ2v) is 20.5. The van der Waals surface area contributed by atoms with Gasteiger partial charge in [-0.1, -0.05) is 279 Å². The van der Waals surface area contributed by atoms with Crippen LogP contribution < -0.4 is 0 Å². The minimum atomic E-state index is -0.762. The minimum absolute atomic E-state index is 0.0629. The monoisotopic (exact) mass is 891 g/mol. The fourth-order valence-electron chi connectivity index (χ4n) is 8.70. The first-order valence-corrected chi connectivity index (χ1v) is 28.2. The molecule has 0 aliphatic rings. The zero-order valence-electron chi connectivity index (χ0n) is 43.2. The number of carbonyl (C=O) groups excluding carboxylic acids is 3. The van der Waals surface area contributed by atoms with Crippen LogP contribution in [0.3, 0.4) is 0 Å². The smallest absolute Gasteiger partial charge is 0.306 e. The number of rotatable bonds is 51. The Bertz CT molecular complexity index is 962. The zero-order chi connectivity index (χ0) is 46.1. The third kappa shape index (κ3) is 51.3. The van der Waals surface area contributed by atoms with Gasteiger partial charge < -0.3 is 14.2 Å². The summed E-state index contributed by atoms with van der Waals surface area (Å²) in [6.07, 6.45) is 52.3. The first-order valence-electron chi connectivity index (χ1n) is 28.2. The van der Waals surface area contributed by atoms with E-state index in [0.29, 0.717) is 19.3 Å². The third-order valence-electron chi connectivity index (χ3n) is 13.0. The van der Waals surface area contributed by atoms with E-state index >= 15 is 0 Å². The van der Waals surface area contributed by atoms with Crippen molar-refractivity contribution in [3.8, 4) is 0 Å². The standard InChI is InChI=1S/C57H110O6/c1-6-7-8-9-10-11-12-13-14-17-22-27-32-37-42-47-55(58)61-50-54(63-57(60)49-44-39-34-29-24-19-21-26-31-36-41-46-53(4)5)51-62-56(59)48-43-38-33-28-23-18-15-16-20-25-30-35-40-45-52(2)3/h52-54H,6-51H2,1-5H3/t54-/m0/s1. The Labute approximate surface area is 393 Å². The minimum Gasteiger partial charge on any atom is -0.462 e. The van der Waals surface area contributed by atoms with Crippen LogP contribution in [-0.2, 0) is 28.6 Å². The molecular weight excluding hydrogens is 781 g/mol. The van der Waals surface area contributed by atoms with E-state index in [1.54, 1.807) is 0 Å². The lowest BCUT2D eigenvalue weighted by atomic mass is 10.0. The highest BCUT2D eigenvalue weighted by atomic mass is 16.6. The predicted octanol–water partition coefficient (Wildman–Crippen LogP) is 18.5. The summed E-state index contributed by atoms with van der Waals surface area (Å²) >= 11 is 0. The molecule has 0 unspecified atom stereocenters. The maximum Gasteiger partial charge on any atom is 0.306 e. The molecule has 0 saturated carbocycles. The number of esters is 3. The fourth-order valence-corrected chi connectivity index (χ4v) is 8.70. The van der Waals surface area contributed by atoms with Crippen molar-refractivity contribution in [2.24, 2.45) is 11.8 Å². The number of unbranched alkanes of at least 4 members (excludes halogenated alkanes) is 36. The molecule has 0 aromatic rings. The second-order valence-electron chi connectivity index (χ2n) is 20.5. The number of hydrogen-bond donors (Lipinski definition) is 0. The van der Waals surface area contributed by atoms with Crippen LogP contribution in [0.2, 0.25) is 0 Å². The molecular formula is C57H110O6. The zero-order valence-corrected chi connectivity index (χ0v) is 43.2. The van der Waals surface area contributed by atoms with Gasteiger partial charge in [0.15, 0.2) is 6.10 Å². The summed E-state index contributed by atoms with van der Waals surface area (Å²) in [6, 6.07) is 0. The molecule has 0 N–H and O–H groups in total. The van der Waals surface area contributed by atoms with Crippen LogP contribution in [0.5, 0.6) is 0 Å². The second kappa shape index (κ2) is 49.8. The van der Waals surface area contributed by atoms with Gasteiger partial charge in [0.05, 0.1) is 0 Å². The molecule has 6 heteroatoms. The van der Waals surface area contributed by atoms with Crippen molar-refractivity contribution >= 4 is 17.9 Å². The summed E-state index contributed by atoms with van der Waals surface area (Å²) in [7, 11) is 0. The molecule has 0 aliphatic heterocycles. The van der Waals surface area contributed by atoms with Gasteiger partial charge in [-0.15, -0.1) is 0 Å². The maximum absolute atomic E-state index is 12.8. The first-order chi connectivity index (χ1) is 30.7. The van der Waals surface area contributed by atoms with E-state index in [1.165, 1.54) is 205 Å². The summed E-state index contributed by atoms with van der Waals surface area (Å²) in [5, 5.41) is 0. The molecule has 1 atom stereocenters. The summed E-state index contributed by atoms with van der Waals surface area (Å²) in [4.78, 5) is 38.1. The summed E-state index contributed by atoms with van der Waals surface area (Å²) in [5.41, 5.74) is 0. The van der Waals surface area contributed by atoms with Gasteiger partial charge in [-0.3, -0.25) is 14.4 Å². The highest BCUT2D eigenvalue weighted by molar-refractivity contribution is 5.71. The van der Waals surface area contributed by atoms with Crippen LogP contribution in [0.1, 0.15) is 317 Å². The van der Waals surface area contributed by atoms with E-state index in [1.807, 2.05) is 0 Å². The van der Waals surface area contributed by atoms with E-state index in [9.17, 15) is 14.4 Å². The van der Waals surface area contributed by atoms with Gasteiger partial charge in [-0.2, -0.15) is 0 Å². The number of ether oxygens (including phenoxy) is 3. The molecule has 0 spiro atoms. The van der Waals surface area contributed by atoms with Crippen LogP contribution >= 0.6 is 0 Å². The normalized spacial score (nSPS) is 12.0. The Morgan fingerprint density at radius 1 is 0.302 bits per heavy atom. The van der Waals surface area contributed by atoms with Gasteiger partial charge in [-0.05, 0) is 31.1 Å². The summed E-state index contributed by atoms with van der Waals surface area (Å²) in [6.45, 7) is 11.4. The molecule has 374 valence electrons. The van der Waals surface area contributed by atoms with Crippen LogP contribution in [0.25, 0.3) is 0 Å². The van der Waals surface area contributed by atoms with Crippen molar-refractivity contribution in [3.05, 3.63) is 0 Å². The van der Waals surface area contributed by atoms with E-state index in [-0.39, 0.29) is 31.1 Å². The predicted molar refractivity (Wildman–Crippen MR) is 270 cm³/mol. The van der Waals surface area contributed by atoms with Gasteiger partial charge in [0.25, 0.3) is 0 Å². The summed E-state index contributed by atoms with van der Waals surface area (Å²) in [5.74, 6) is 0.824. The number of hydrogen-bond acceptors (Lipinski definition) is 6. The Kier molecular flexibility index (Phi) is 48.6. The maximum atomic E-state index is 12.8. The molecule has 0 fully saturated rings. The molecule has 0 rings (SSSR count). The molecule has 0 aromatic heterocycles. The molecule has 63 heavy (non-hydrogen) atoms. The molecule has 0 amide bonds. The molecule has 6 nitrogen and oxygen atoms in total. The SMILES string of the molecule is CCCCCCCCCCCCCCCCCC(=O)OC[C@@H](COC(=O)CCCCCCCCCCCCCCCC(C)C)OC(=O)CCCCCCCCCCCCCC(C)C. The molecule has 0 bridgehead atoms. The Morgan fingerprint density at radius 3 is 0.778 bits per heavy atom. The van der Waals surface area contributed by atoms with Crippen molar-refractivity contribution in [1.82, 2.24) is 0 Å². The number of carbonyl (C=O) groups is 3. The Morgan fingerprint density at radius 2 is 0.524 bits per heavy atom. The van der Waals surface area contributed by atoms with Crippen molar-refractivity contribution in [2.75, 3.05) is 13.2 Å². The van der Waals surface area contributed by atoms with Crippen LogP contribution in [0, 0.1) is 11.8 Å². The summed E-state index contributed by atoms with van der Waals surface area (Å²) < 4.78 is 16.9. The topological polar surface area (TPSA) is 78.9 Å². The lowest BCUT2D eigenvalue weighted by Gasteiger charge is -2.18. The van der Waals surface area contributed by atoms with E-state index in [4.69, 9.17) is 14.2 Å². The van der Waals surface area contributed by atoms with E-state index in [0.717, 1.165) is 69.6 Å². The van der Waals surface area contributed by atoms with Crippen LogP contribution in [0.15, 0.2) is 0 Å². The van der Waals surface area contributed by atoms with Crippen LogP contribution in [-0.4, -0.2) is 37.2 Å².